The summed E-state index contributed by atoms with van der Waals surface area (Å²) < 4.78 is 10.5. The van der Waals surface area contributed by atoms with Crippen molar-refractivity contribution in [3.05, 3.63) is 29.8 Å². The molecule has 1 aromatic carbocycles. The standard InChI is InChI=1S/C15H22N2O3/c1-19-13-5-2-4-12(10-13)14-6-3-8-17(14)15(18)11-20-9-7-16/h2,4-5,10,14H,3,6-9,11,16H2,1H3. The van der Waals surface area contributed by atoms with Crippen LogP contribution in [0.15, 0.2) is 24.3 Å². The quantitative estimate of drug-likeness (QED) is 0.797. The lowest BCUT2D eigenvalue weighted by molar-refractivity contribution is -0.137. The van der Waals surface area contributed by atoms with Gasteiger partial charge in [-0.3, -0.25) is 4.79 Å². The molecule has 0 aliphatic carbocycles. The van der Waals surface area contributed by atoms with Gasteiger partial charge in [0, 0.05) is 13.1 Å². The number of hydrogen-bond donors (Lipinski definition) is 1. The summed E-state index contributed by atoms with van der Waals surface area (Å²) in [5, 5.41) is 0. The fourth-order valence-electron chi connectivity index (χ4n) is 2.59. The summed E-state index contributed by atoms with van der Waals surface area (Å²) in [4.78, 5) is 14.1. The highest BCUT2D eigenvalue weighted by Crippen LogP contribution is 2.33. The minimum absolute atomic E-state index is 0.0313. The topological polar surface area (TPSA) is 64.8 Å². The molecule has 20 heavy (non-hydrogen) atoms. The van der Waals surface area contributed by atoms with Gasteiger partial charge in [-0.05, 0) is 30.5 Å². The van der Waals surface area contributed by atoms with Crippen LogP contribution in [0.25, 0.3) is 0 Å². The smallest absolute Gasteiger partial charge is 0.249 e. The van der Waals surface area contributed by atoms with Crippen molar-refractivity contribution in [1.82, 2.24) is 4.90 Å². The molecule has 1 fully saturated rings. The minimum Gasteiger partial charge on any atom is -0.497 e. The number of ether oxygens (including phenoxy) is 2. The first-order valence-electron chi connectivity index (χ1n) is 6.97. The van der Waals surface area contributed by atoms with E-state index >= 15 is 0 Å². The van der Waals surface area contributed by atoms with Crippen LogP contribution in [-0.2, 0) is 9.53 Å². The molecule has 1 aliphatic heterocycles. The Labute approximate surface area is 119 Å². The summed E-state index contributed by atoms with van der Waals surface area (Å²) in [5.74, 6) is 0.852. The number of methoxy groups -OCH3 is 1. The zero-order valence-electron chi connectivity index (χ0n) is 11.9. The normalized spacial score (nSPS) is 18.3. The molecule has 1 atom stereocenters. The van der Waals surface area contributed by atoms with Gasteiger partial charge in [0.15, 0.2) is 0 Å². The maximum atomic E-state index is 12.2. The Hall–Kier alpha value is -1.59. The van der Waals surface area contributed by atoms with Gasteiger partial charge in [-0.25, -0.2) is 0 Å². The summed E-state index contributed by atoms with van der Waals surface area (Å²) >= 11 is 0. The van der Waals surface area contributed by atoms with Gasteiger partial charge in [0.2, 0.25) is 5.91 Å². The van der Waals surface area contributed by atoms with Crippen LogP contribution >= 0.6 is 0 Å². The van der Waals surface area contributed by atoms with E-state index in [9.17, 15) is 4.79 Å². The highest BCUT2D eigenvalue weighted by Gasteiger charge is 2.29. The lowest BCUT2D eigenvalue weighted by Crippen LogP contribution is -2.34. The Bertz CT molecular complexity index is 450. The number of nitrogens with zero attached hydrogens (tertiary/aromatic N) is 1. The molecule has 1 heterocycles. The van der Waals surface area contributed by atoms with Gasteiger partial charge in [0.25, 0.3) is 0 Å². The number of benzene rings is 1. The van der Waals surface area contributed by atoms with Crippen molar-refractivity contribution in [3.8, 4) is 5.75 Å². The maximum absolute atomic E-state index is 12.2. The number of amides is 1. The van der Waals surface area contributed by atoms with Gasteiger partial charge in [-0.1, -0.05) is 12.1 Å². The van der Waals surface area contributed by atoms with Crippen molar-refractivity contribution in [1.29, 1.82) is 0 Å². The molecule has 0 bridgehead atoms. The monoisotopic (exact) mass is 278 g/mol. The summed E-state index contributed by atoms with van der Waals surface area (Å²) in [6, 6.07) is 8.03. The minimum atomic E-state index is 0.0313. The second-order valence-corrected chi connectivity index (χ2v) is 4.86. The molecule has 1 aromatic rings. The first kappa shape index (κ1) is 14.8. The van der Waals surface area contributed by atoms with Gasteiger partial charge in [-0.15, -0.1) is 0 Å². The Morgan fingerprint density at radius 2 is 2.35 bits per heavy atom. The van der Waals surface area contributed by atoms with E-state index in [-0.39, 0.29) is 18.6 Å². The molecular weight excluding hydrogens is 256 g/mol. The molecule has 0 spiro atoms. The molecule has 1 saturated heterocycles. The number of likely N-dealkylation sites (tertiary alicyclic amines) is 1. The highest BCUT2D eigenvalue weighted by molar-refractivity contribution is 5.78. The SMILES string of the molecule is COc1cccc(C2CCCN2C(=O)COCCN)c1. The Morgan fingerprint density at radius 3 is 3.10 bits per heavy atom. The van der Waals surface area contributed by atoms with E-state index in [1.165, 1.54) is 0 Å². The molecule has 1 amide bonds. The largest absolute Gasteiger partial charge is 0.497 e. The van der Waals surface area contributed by atoms with Gasteiger partial charge < -0.3 is 20.1 Å². The van der Waals surface area contributed by atoms with Crippen LogP contribution in [0.2, 0.25) is 0 Å². The highest BCUT2D eigenvalue weighted by atomic mass is 16.5. The first-order chi connectivity index (χ1) is 9.76. The van der Waals surface area contributed by atoms with E-state index in [0.717, 1.165) is 30.7 Å². The predicted octanol–water partition coefficient (Wildman–Crippen LogP) is 1.33. The Kier molecular flexibility index (Phi) is 5.38. The van der Waals surface area contributed by atoms with Crippen LogP contribution < -0.4 is 10.5 Å². The van der Waals surface area contributed by atoms with Crippen molar-refractivity contribution in [2.45, 2.75) is 18.9 Å². The van der Waals surface area contributed by atoms with E-state index in [1.807, 2.05) is 29.2 Å². The third kappa shape index (κ3) is 3.49. The number of carbonyl (C=O) groups is 1. The van der Waals surface area contributed by atoms with Crippen LogP contribution in [0, 0.1) is 0 Å². The van der Waals surface area contributed by atoms with E-state index < -0.39 is 0 Å². The van der Waals surface area contributed by atoms with Crippen LogP contribution in [0.4, 0.5) is 0 Å². The summed E-state index contributed by atoms with van der Waals surface area (Å²) in [7, 11) is 1.65. The molecule has 2 N–H and O–H groups in total. The maximum Gasteiger partial charge on any atom is 0.249 e. The van der Waals surface area contributed by atoms with Gasteiger partial charge in [0.05, 0.1) is 19.8 Å². The Morgan fingerprint density at radius 1 is 1.50 bits per heavy atom. The van der Waals surface area contributed by atoms with Gasteiger partial charge in [-0.2, -0.15) is 0 Å². The molecule has 5 nitrogen and oxygen atoms in total. The number of carbonyl (C=O) groups excluding carboxylic acids is 1. The molecule has 1 unspecified atom stereocenters. The molecule has 1 aliphatic rings. The molecule has 110 valence electrons. The molecular formula is C15H22N2O3. The Balaban J connectivity index is 2.04. The lowest BCUT2D eigenvalue weighted by Gasteiger charge is -2.25. The van der Waals surface area contributed by atoms with E-state index in [2.05, 4.69) is 0 Å². The number of hydrogen-bond acceptors (Lipinski definition) is 4. The summed E-state index contributed by atoms with van der Waals surface area (Å²) in [6.07, 6.45) is 2.00. The van der Waals surface area contributed by atoms with Crippen LogP contribution in [0.5, 0.6) is 5.75 Å². The fraction of sp³-hybridized carbons (Fsp3) is 0.533. The van der Waals surface area contributed by atoms with Crippen LogP contribution in [0.1, 0.15) is 24.4 Å². The average molecular weight is 278 g/mol. The van der Waals surface area contributed by atoms with Gasteiger partial charge in [0.1, 0.15) is 12.4 Å². The first-order valence-corrected chi connectivity index (χ1v) is 6.97. The van der Waals surface area contributed by atoms with Crippen molar-refractivity contribution in [2.75, 3.05) is 33.4 Å². The van der Waals surface area contributed by atoms with Crippen molar-refractivity contribution in [3.63, 3.8) is 0 Å². The van der Waals surface area contributed by atoms with Crippen molar-refractivity contribution >= 4 is 5.91 Å². The van der Waals surface area contributed by atoms with Crippen molar-refractivity contribution < 1.29 is 14.3 Å². The average Bonchev–Trinajstić information content (AvgIpc) is 2.97. The second-order valence-electron chi connectivity index (χ2n) is 4.86. The summed E-state index contributed by atoms with van der Waals surface area (Å²) in [5.41, 5.74) is 6.47. The fourth-order valence-corrected chi connectivity index (χ4v) is 2.59. The van der Waals surface area contributed by atoms with E-state index in [0.29, 0.717) is 13.2 Å². The van der Waals surface area contributed by atoms with Crippen LogP contribution in [-0.4, -0.2) is 44.2 Å². The predicted molar refractivity (Wildman–Crippen MR) is 76.6 cm³/mol. The second kappa shape index (κ2) is 7.26. The van der Waals surface area contributed by atoms with Crippen LogP contribution in [0.3, 0.4) is 0 Å². The zero-order chi connectivity index (χ0) is 14.4. The van der Waals surface area contributed by atoms with Gasteiger partial charge >= 0.3 is 0 Å². The molecule has 2 rings (SSSR count). The molecule has 0 saturated carbocycles. The van der Waals surface area contributed by atoms with E-state index in [4.69, 9.17) is 15.2 Å². The molecule has 0 aromatic heterocycles. The number of rotatable bonds is 6. The third-order valence-corrected chi connectivity index (χ3v) is 3.54. The third-order valence-electron chi connectivity index (χ3n) is 3.54. The lowest BCUT2D eigenvalue weighted by atomic mass is 10.0. The summed E-state index contributed by atoms with van der Waals surface area (Å²) in [6.45, 7) is 1.75. The van der Waals surface area contributed by atoms with E-state index in [1.54, 1.807) is 7.11 Å². The molecule has 5 heteroatoms. The van der Waals surface area contributed by atoms with Crippen molar-refractivity contribution in [2.24, 2.45) is 5.73 Å². The zero-order valence-corrected chi connectivity index (χ0v) is 11.9. The number of nitrogens with two attached hydrogens (primary N) is 1. The molecule has 0 radical (unpaired) electrons.